The summed E-state index contributed by atoms with van der Waals surface area (Å²) in [7, 11) is 0. The molecular formula is C10H10Cl2N2O. The van der Waals surface area contributed by atoms with Crippen LogP contribution in [0.3, 0.4) is 0 Å². The summed E-state index contributed by atoms with van der Waals surface area (Å²) in [5.41, 5.74) is 1.13. The molecule has 0 radical (unpaired) electrons. The van der Waals surface area contributed by atoms with E-state index in [9.17, 15) is 0 Å². The van der Waals surface area contributed by atoms with Crippen LogP contribution in [0.15, 0.2) is 30.0 Å². The van der Waals surface area contributed by atoms with Gasteiger partial charge >= 0.3 is 0 Å². The lowest BCUT2D eigenvalue weighted by Crippen LogP contribution is -1.97. The minimum absolute atomic E-state index is 0.193. The summed E-state index contributed by atoms with van der Waals surface area (Å²) in [5, 5.41) is 19.7. The van der Waals surface area contributed by atoms with Crippen molar-refractivity contribution >= 4 is 35.1 Å². The van der Waals surface area contributed by atoms with Gasteiger partial charge in [0.05, 0.1) is 17.3 Å². The fraction of sp³-hybridized carbons (Fsp3) is 0.100. The summed E-state index contributed by atoms with van der Waals surface area (Å²) in [6.45, 7) is -0.193. The van der Waals surface area contributed by atoms with Crippen molar-refractivity contribution in [3.05, 3.63) is 40.0 Å². The highest BCUT2D eigenvalue weighted by Gasteiger charge is 1.99. The Morgan fingerprint density at radius 2 is 2.20 bits per heavy atom. The van der Waals surface area contributed by atoms with Gasteiger partial charge in [-0.25, -0.2) is 0 Å². The zero-order valence-electron chi connectivity index (χ0n) is 7.80. The lowest BCUT2D eigenvalue weighted by Gasteiger charge is -2.05. The standard InChI is InChI=1S/C10H10Cl2N2O/c11-8-1-2-10(9(12)3-8)14-5-7(4-13)6-15/h1-5,13-15H,6H2/b7-5+,13-4?. The van der Waals surface area contributed by atoms with Crippen LogP contribution in [0.2, 0.25) is 10.0 Å². The van der Waals surface area contributed by atoms with Gasteiger partial charge in [0.1, 0.15) is 0 Å². The number of hydrogen-bond acceptors (Lipinski definition) is 3. The van der Waals surface area contributed by atoms with Crippen molar-refractivity contribution in [1.82, 2.24) is 0 Å². The summed E-state index contributed by atoms with van der Waals surface area (Å²) < 4.78 is 0. The number of anilines is 1. The molecule has 15 heavy (non-hydrogen) atoms. The number of hydrogen-bond donors (Lipinski definition) is 3. The molecule has 5 heteroatoms. The molecule has 0 aromatic heterocycles. The molecule has 0 aliphatic heterocycles. The first-order valence-corrected chi connectivity index (χ1v) is 4.95. The topological polar surface area (TPSA) is 56.1 Å². The number of benzene rings is 1. The van der Waals surface area contributed by atoms with Gasteiger partial charge in [-0.3, -0.25) is 0 Å². The Kier molecular flexibility index (Phi) is 4.62. The molecule has 0 heterocycles. The zero-order chi connectivity index (χ0) is 11.3. The van der Waals surface area contributed by atoms with Gasteiger partial charge in [0.15, 0.2) is 0 Å². The molecule has 1 rings (SSSR count). The number of aliphatic hydroxyl groups is 1. The van der Waals surface area contributed by atoms with E-state index in [0.717, 1.165) is 6.21 Å². The normalized spacial score (nSPS) is 11.3. The van der Waals surface area contributed by atoms with Gasteiger partial charge in [0.25, 0.3) is 0 Å². The Labute approximate surface area is 97.8 Å². The molecule has 3 nitrogen and oxygen atoms in total. The average molecular weight is 245 g/mol. The Morgan fingerprint density at radius 1 is 1.47 bits per heavy atom. The van der Waals surface area contributed by atoms with Crippen molar-refractivity contribution in [3.63, 3.8) is 0 Å². The second-order valence-electron chi connectivity index (χ2n) is 2.79. The van der Waals surface area contributed by atoms with E-state index in [1.54, 1.807) is 18.2 Å². The van der Waals surface area contributed by atoms with Gasteiger partial charge < -0.3 is 15.8 Å². The quantitative estimate of drug-likeness (QED) is 0.714. The smallest absolute Gasteiger partial charge is 0.0710 e. The fourth-order valence-corrected chi connectivity index (χ4v) is 1.37. The van der Waals surface area contributed by atoms with Gasteiger partial charge in [-0.05, 0) is 18.2 Å². The van der Waals surface area contributed by atoms with Crippen molar-refractivity contribution in [2.45, 2.75) is 0 Å². The van der Waals surface area contributed by atoms with Crippen LogP contribution in [0.5, 0.6) is 0 Å². The summed E-state index contributed by atoms with van der Waals surface area (Å²) in [6.07, 6.45) is 2.58. The van der Waals surface area contributed by atoms with Crippen LogP contribution in [0, 0.1) is 5.41 Å². The van der Waals surface area contributed by atoms with E-state index in [1.807, 2.05) is 0 Å². The zero-order valence-corrected chi connectivity index (χ0v) is 9.31. The number of nitrogens with one attached hydrogen (secondary N) is 2. The predicted molar refractivity (Wildman–Crippen MR) is 64.0 cm³/mol. The van der Waals surface area contributed by atoms with Crippen LogP contribution in [0.1, 0.15) is 0 Å². The monoisotopic (exact) mass is 244 g/mol. The van der Waals surface area contributed by atoms with E-state index in [-0.39, 0.29) is 6.61 Å². The lowest BCUT2D eigenvalue weighted by molar-refractivity contribution is 0.337. The van der Waals surface area contributed by atoms with Crippen molar-refractivity contribution in [1.29, 1.82) is 5.41 Å². The van der Waals surface area contributed by atoms with Gasteiger partial charge in [0, 0.05) is 23.0 Å². The third-order valence-electron chi connectivity index (χ3n) is 1.71. The predicted octanol–water partition coefficient (Wildman–Crippen LogP) is 2.93. The maximum atomic E-state index is 8.80. The molecule has 0 fully saturated rings. The average Bonchev–Trinajstić information content (AvgIpc) is 2.22. The number of halogens is 2. The molecule has 0 aliphatic carbocycles. The van der Waals surface area contributed by atoms with E-state index in [1.165, 1.54) is 6.20 Å². The first-order chi connectivity index (χ1) is 7.17. The Hall–Kier alpha value is -1.03. The second-order valence-corrected chi connectivity index (χ2v) is 3.63. The molecule has 0 bridgehead atoms. The van der Waals surface area contributed by atoms with E-state index in [2.05, 4.69) is 5.32 Å². The van der Waals surface area contributed by atoms with E-state index in [0.29, 0.717) is 21.3 Å². The maximum absolute atomic E-state index is 8.80. The molecule has 80 valence electrons. The Morgan fingerprint density at radius 3 is 2.73 bits per heavy atom. The lowest BCUT2D eigenvalue weighted by atomic mass is 10.3. The van der Waals surface area contributed by atoms with E-state index in [4.69, 9.17) is 33.7 Å². The molecule has 0 saturated heterocycles. The molecule has 0 aliphatic rings. The molecule has 0 unspecified atom stereocenters. The van der Waals surface area contributed by atoms with Gasteiger partial charge in [0.2, 0.25) is 0 Å². The van der Waals surface area contributed by atoms with Crippen LogP contribution < -0.4 is 5.32 Å². The molecule has 0 saturated carbocycles. The van der Waals surface area contributed by atoms with Gasteiger partial charge in [-0.1, -0.05) is 23.2 Å². The maximum Gasteiger partial charge on any atom is 0.0710 e. The summed E-state index contributed by atoms with van der Waals surface area (Å²) in [6, 6.07) is 5.04. The first kappa shape index (κ1) is 12.0. The molecule has 0 spiro atoms. The molecule has 0 atom stereocenters. The molecule has 1 aromatic carbocycles. The summed E-state index contributed by atoms with van der Waals surface area (Å²) in [5.74, 6) is 0. The van der Waals surface area contributed by atoms with Crippen LogP contribution in [-0.2, 0) is 0 Å². The highest BCUT2D eigenvalue weighted by Crippen LogP contribution is 2.25. The third kappa shape index (κ3) is 3.55. The Bertz CT molecular complexity index is 391. The van der Waals surface area contributed by atoms with Gasteiger partial charge in [-0.2, -0.15) is 0 Å². The van der Waals surface area contributed by atoms with Crippen molar-refractivity contribution in [2.24, 2.45) is 0 Å². The second kappa shape index (κ2) is 5.75. The third-order valence-corrected chi connectivity index (χ3v) is 2.26. The first-order valence-electron chi connectivity index (χ1n) is 4.19. The molecule has 3 N–H and O–H groups in total. The summed E-state index contributed by atoms with van der Waals surface area (Å²) in [4.78, 5) is 0. The SMILES string of the molecule is N=C/C(=C\Nc1ccc(Cl)cc1Cl)CO. The van der Waals surface area contributed by atoms with Crippen LogP contribution in [-0.4, -0.2) is 17.9 Å². The van der Waals surface area contributed by atoms with Gasteiger partial charge in [-0.15, -0.1) is 0 Å². The van der Waals surface area contributed by atoms with E-state index < -0.39 is 0 Å². The Balaban J connectivity index is 2.81. The highest BCUT2D eigenvalue weighted by atomic mass is 35.5. The number of aliphatic hydroxyl groups excluding tert-OH is 1. The largest absolute Gasteiger partial charge is 0.392 e. The molecule has 1 aromatic rings. The van der Waals surface area contributed by atoms with Crippen LogP contribution >= 0.6 is 23.2 Å². The molecule has 0 amide bonds. The van der Waals surface area contributed by atoms with Crippen LogP contribution in [0.4, 0.5) is 5.69 Å². The van der Waals surface area contributed by atoms with Crippen LogP contribution in [0.25, 0.3) is 0 Å². The summed E-state index contributed by atoms with van der Waals surface area (Å²) >= 11 is 11.6. The van der Waals surface area contributed by atoms with E-state index >= 15 is 0 Å². The minimum atomic E-state index is -0.193. The highest BCUT2D eigenvalue weighted by molar-refractivity contribution is 6.36. The fourth-order valence-electron chi connectivity index (χ4n) is 0.910. The minimum Gasteiger partial charge on any atom is -0.392 e. The van der Waals surface area contributed by atoms with Crippen molar-refractivity contribution in [2.75, 3.05) is 11.9 Å². The number of rotatable bonds is 4. The van der Waals surface area contributed by atoms with Crippen molar-refractivity contribution < 1.29 is 5.11 Å². The van der Waals surface area contributed by atoms with Crippen molar-refractivity contribution in [3.8, 4) is 0 Å². The molecular weight excluding hydrogens is 235 g/mol.